The summed E-state index contributed by atoms with van der Waals surface area (Å²) in [6.45, 7) is 3.23. The summed E-state index contributed by atoms with van der Waals surface area (Å²) in [4.78, 5) is 12.1. The van der Waals surface area contributed by atoms with E-state index in [1.54, 1.807) is 12.4 Å². The molecule has 1 saturated carbocycles. The van der Waals surface area contributed by atoms with E-state index in [-0.39, 0.29) is 12.7 Å². The van der Waals surface area contributed by atoms with Crippen molar-refractivity contribution in [2.75, 3.05) is 13.1 Å². The van der Waals surface area contributed by atoms with Crippen LogP contribution in [0.1, 0.15) is 36.8 Å². The largest absolute Gasteiger partial charge is 0.602 e. The number of nitrogens with one attached hydrogen (secondary N) is 1. The van der Waals surface area contributed by atoms with Crippen LogP contribution < -0.4 is 9.88 Å². The van der Waals surface area contributed by atoms with E-state index >= 15 is 0 Å². The van der Waals surface area contributed by atoms with E-state index in [9.17, 15) is 4.79 Å². The molecule has 0 radical (unpaired) electrons. The summed E-state index contributed by atoms with van der Waals surface area (Å²) < 4.78 is 12.9. The molecule has 1 aliphatic heterocycles. The smallest absolute Gasteiger partial charge is 0.407 e. The molecule has 2 fully saturated rings. The maximum absolute atomic E-state index is 12.1. The van der Waals surface area contributed by atoms with Crippen LogP contribution in [0.4, 0.5) is 4.79 Å². The van der Waals surface area contributed by atoms with Gasteiger partial charge in [0.1, 0.15) is 6.61 Å². The van der Waals surface area contributed by atoms with E-state index in [1.807, 2.05) is 42.5 Å². The highest BCUT2D eigenvalue weighted by molar-refractivity contribution is 5.56. The highest BCUT2D eigenvalue weighted by atomic mass is 16.5. The van der Waals surface area contributed by atoms with Crippen molar-refractivity contribution >= 4 is 6.09 Å². The molecular weight excluding hydrogens is 340 g/mol. The lowest BCUT2D eigenvalue weighted by Crippen LogP contribution is -2.55. The summed E-state index contributed by atoms with van der Waals surface area (Å²) in [6, 6.07) is 13.5. The van der Waals surface area contributed by atoms with Crippen molar-refractivity contribution in [1.29, 1.82) is 0 Å². The van der Waals surface area contributed by atoms with Gasteiger partial charge in [-0.2, -0.15) is 4.79 Å². The standard InChI is InChI=1S/C22H27N2O3/c25-21(27-15-18-4-2-1-3-5-18)24-12-8-19(9-13-24)14-26-20-6-10-22(11-7-20)16-23-17-22/h1-5,8-9,12-13,20,23H,6-7,10-11,14-17H2/q+1. The zero-order valence-electron chi connectivity index (χ0n) is 15.6. The lowest BCUT2D eigenvalue weighted by molar-refractivity contribution is -0.586. The molecule has 0 unspecified atom stereocenters. The SMILES string of the molecule is O=C(OCc1ccccc1)[n+]1ccc(COC2CCC3(CC2)CNC3)cc1. The molecule has 1 saturated heterocycles. The molecule has 1 aromatic carbocycles. The van der Waals surface area contributed by atoms with E-state index in [0.29, 0.717) is 18.1 Å². The molecule has 0 bridgehead atoms. The van der Waals surface area contributed by atoms with Crippen LogP contribution >= 0.6 is 0 Å². The molecule has 2 aliphatic rings. The second-order valence-corrected chi connectivity index (χ2v) is 7.77. The van der Waals surface area contributed by atoms with Crippen molar-refractivity contribution < 1.29 is 18.8 Å². The second kappa shape index (κ2) is 8.19. The molecule has 5 nitrogen and oxygen atoms in total. The van der Waals surface area contributed by atoms with Crippen LogP contribution in [0.3, 0.4) is 0 Å². The minimum absolute atomic E-state index is 0.274. The molecular formula is C22H27N2O3+. The van der Waals surface area contributed by atoms with Gasteiger partial charge in [0.25, 0.3) is 0 Å². The average molecular weight is 367 g/mol. The number of aromatic nitrogens is 1. The fraction of sp³-hybridized carbons (Fsp3) is 0.455. The number of carbonyl (C=O) groups is 1. The highest BCUT2D eigenvalue weighted by Crippen LogP contribution is 2.40. The fourth-order valence-electron chi connectivity index (χ4n) is 3.89. The zero-order chi connectivity index (χ0) is 18.5. The quantitative estimate of drug-likeness (QED) is 0.825. The Morgan fingerprint density at radius 3 is 2.30 bits per heavy atom. The maximum Gasteiger partial charge on any atom is 0.602 e. The van der Waals surface area contributed by atoms with Crippen LogP contribution in [-0.2, 0) is 22.7 Å². The molecule has 1 N–H and O–H groups in total. The molecule has 0 amide bonds. The number of rotatable bonds is 5. The summed E-state index contributed by atoms with van der Waals surface area (Å²) in [5, 5.41) is 3.40. The van der Waals surface area contributed by atoms with Crippen LogP contribution in [0.2, 0.25) is 0 Å². The average Bonchev–Trinajstić information content (AvgIpc) is 2.71. The Balaban J connectivity index is 1.22. The van der Waals surface area contributed by atoms with Gasteiger partial charge in [-0.1, -0.05) is 34.9 Å². The number of benzene rings is 1. The van der Waals surface area contributed by atoms with Gasteiger partial charge in [0.15, 0.2) is 12.4 Å². The van der Waals surface area contributed by atoms with Crippen molar-refractivity contribution in [3.05, 3.63) is 66.0 Å². The first-order valence-corrected chi connectivity index (χ1v) is 9.76. The van der Waals surface area contributed by atoms with Gasteiger partial charge in [0, 0.05) is 25.2 Å². The van der Waals surface area contributed by atoms with Crippen molar-refractivity contribution in [3.63, 3.8) is 0 Å². The summed E-state index contributed by atoms with van der Waals surface area (Å²) in [7, 11) is 0. The monoisotopic (exact) mass is 367 g/mol. The Kier molecular flexibility index (Phi) is 5.50. The third kappa shape index (κ3) is 4.54. The molecule has 4 rings (SSSR count). The number of pyridine rings is 1. The lowest BCUT2D eigenvalue weighted by Gasteiger charge is -2.47. The topological polar surface area (TPSA) is 51.4 Å². The number of hydrogen-bond donors (Lipinski definition) is 1. The van der Waals surface area contributed by atoms with Crippen molar-refractivity contribution in [2.45, 2.75) is 45.0 Å². The van der Waals surface area contributed by atoms with Crippen LogP contribution in [0.25, 0.3) is 0 Å². The molecule has 1 spiro atoms. The minimum atomic E-state index is -0.377. The van der Waals surface area contributed by atoms with E-state index < -0.39 is 0 Å². The summed E-state index contributed by atoms with van der Waals surface area (Å²) in [5.74, 6) is 0. The van der Waals surface area contributed by atoms with Crippen LogP contribution in [0.5, 0.6) is 0 Å². The zero-order valence-corrected chi connectivity index (χ0v) is 15.6. The van der Waals surface area contributed by atoms with Gasteiger partial charge in [-0.05, 0) is 42.2 Å². The molecule has 2 heterocycles. The van der Waals surface area contributed by atoms with E-state index in [1.165, 1.54) is 30.5 Å². The molecule has 0 atom stereocenters. The summed E-state index contributed by atoms with van der Waals surface area (Å²) in [6.07, 6.45) is 8.31. The normalized spacial score (nSPS) is 18.8. The number of carbonyl (C=O) groups excluding carboxylic acids is 1. The van der Waals surface area contributed by atoms with E-state index in [2.05, 4.69) is 5.32 Å². The van der Waals surface area contributed by atoms with Gasteiger partial charge in [0.05, 0.1) is 12.7 Å². The van der Waals surface area contributed by atoms with Gasteiger partial charge in [-0.15, -0.1) is 0 Å². The van der Waals surface area contributed by atoms with Gasteiger partial charge < -0.3 is 14.8 Å². The molecule has 2 aromatic rings. The van der Waals surface area contributed by atoms with Gasteiger partial charge in [-0.25, -0.2) is 0 Å². The molecule has 5 heteroatoms. The first-order chi connectivity index (χ1) is 13.2. The predicted octanol–water partition coefficient (Wildman–Crippen LogP) is 3.21. The third-order valence-corrected chi connectivity index (χ3v) is 5.79. The highest BCUT2D eigenvalue weighted by Gasteiger charge is 2.40. The number of nitrogens with zero attached hydrogens (tertiary/aromatic N) is 1. The first kappa shape index (κ1) is 18.1. The fourth-order valence-corrected chi connectivity index (χ4v) is 3.89. The molecule has 142 valence electrons. The van der Waals surface area contributed by atoms with Crippen molar-refractivity contribution in [1.82, 2.24) is 5.32 Å². The van der Waals surface area contributed by atoms with Gasteiger partial charge in [0.2, 0.25) is 0 Å². The third-order valence-electron chi connectivity index (χ3n) is 5.79. The molecule has 1 aromatic heterocycles. The van der Waals surface area contributed by atoms with Gasteiger partial charge >= 0.3 is 6.09 Å². The van der Waals surface area contributed by atoms with Crippen LogP contribution in [-0.4, -0.2) is 25.3 Å². The Morgan fingerprint density at radius 2 is 1.67 bits per heavy atom. The lowest BCUT2D eigenvalue weighted by atomic mass is 9.69. The Labute approximate surface area is 160 Å². The Hall–Kier alpha value is -2.24. The Morgan fingerprint density at radius 1 is 1.00 bits per heavy atom. The van der Waals surface area contributed by atoms with Gasteiger partial charge in [-0.3, -0.25) is 0 Å². The predicted molar refractivity (Wildman–Crippen MR) is 101 cm³/mol. The molecule has 27 heavy (non-hydrogen) atoms. The van der Waals surface area contributed by atoms with Crippen LogP contribution in [0, 0.1) is 5.41 Å². The van der Waals surface area contributed by atoms with Crippen molar-refractivity contribution in [3.8, 4) is 0 Å². The van der Waals surface area contributed by atoms with Crippen molar-refractivity contribution in [2.24, 2.45) is 5.41 Å². The van der Waals surface area contributed by atoms with E-state index in [0.717, 1.165) is 24.0 Å². The first-order valence-electron chi connectivity index (χ1n) is 9.76. The summed E-state index contributed by atoms with van der Waals surface area (Å²) in [5.41, 5.74) is 2.62. The van der Waals surface area contributed by atoms with E-state index in [4.69, 9.17) is 9.47 Å². The number of hydrogen-bond acceptors (Lipinski definition) is 4. The van der Waals surface area contributed by atoms with Crippen LogP contribution in [0.15, 0.2) is 54.9 Å². The maximum atomic E-state index is 12.1. The Bertz CT molecular complexity index is 747. The summed E-state index contributed by atoms with van der Waals surface area (Å²) >= 11 is 0. The molecule has 1 aliphatic carbocycles. The minimum Gasteiger partial charge on any atom is -0.407 e. The number of ether oxygens (including phenoxy) is 2. The second-order valence-electron chi connectivity index (χ2n) is 7.77.